The van der Waals surface area contributed by atoms with Gasteiger partial charge in [0.15, 0.2) is 0 Å². The first kappa shape index (κ1) is 9.59. The zero-order chi connectivity index (χ0) is 9.97. The van der Waals surface area contributed by atoms with E-state index >= 15 is 0 Å². The van der Waals surface area contributed by atoms with Crippen LogP contribution in [-0.4, -0.2) is 28.0 Å². The molecule has 0 atom stereocenters. The largest absolute Gasteiger partial charge is 0.296 e. The van der Waals surface area contributed by atoms with Crippen molar-refractivity contribution in [3.8, 4) is 0 Å². The van der Waals surface area contributed by atoms with Crippen molar-refractivity contribution in [3.63, 3.8) is 0 Å². The van der Waals surface area contributed by atoms with Crippen LogP contribution in [0.1, 0.15) is 37.7 Å². The summed E-state index contributed by atoms with van der Waals surface area (Å²) in [7, 11) is 0. The van der Waals surface area contributed by atoms with Crippen LogP contribution in [0, 0.1) is 0 Å². The molecule has 0 radical (unpaired) electrons. The molecule has 1 aliphatic rings. The Kier molecular flexibility index (Phi) is 2.77. The van der Waals surface area contributed by atoms with Gasteiger partial charge in [-0.05, 0) is 31.5 Å². The molecule has 1 fully saturated rings. The molecule has 3 heteroatoms. The molecule has 0 saturated carbocycles. The maximum atomic E-state index is 4.54. The van der Waals surface area contributed by atoms with Gasteiger partial charge in [-0.1, -0.05) is 13.8 Å². The third-order valence-electron chi connectivity index (χ3n) is 2.63. The summed E-state index contributed by atoms with van der Waals surface area (Å²) in [5.74, 6) is 1.46. The standard InChI is InChI=1S/C11H17N3/c1-9(2)10-4-5-12-11(13-10)8-14-6-3-7-14/h4-5,9H,3,6-8H2,1-2H3. The number of hydrogen-bond donors (Lipinski definition) is 0. The van der Waals surface area contributed by atoms with Crippen LogP contribution >= 0.6 is 0 Å². The van der Waals surface area contributed by atoms with Crippen molar-refractivity contribution in [1.29, 1.82) is 0 Å². The molecule has 0 unspecified atom stereocenters. The molecule has 1 aromatic rings. The molecular weight excluding hydrogens is 174 g/mol. The lowest BCUT2D eigenvalue weighted by molar-refractivity contribution is 0.168. The minimum absolute atomic E-state index is 0.494. The smallest absolute Gasteiger partial charge is 0.142 e. The van der Waals surface area contributed by atoms with E-state index < -0.39 is 0 Å². The van der Waals surface area contributed by atoms with Gasteiger partial charge in [0.25, 0.3) is 0 Å². The van der Waals surface area contributed by atoms with Crippen LogP contribution in [0.4, 0.5) is 0 Å². The first-order valence-electron chi connectivity index (χ1n) is 5.30. The molecule has 0 bridgehead atoms. The molecular formula is C11H17N3. The third kappa shape index (κ3) is 2.10. The minimum Gasteiger partial charge on any atom is -0.296 e. The summed E-state index contributed by atoms with van der Waals surface area (Å²) in [6, 6.07) is 2.00. The molecule has 0 N–H and O–H groups in total. The Hall–Kier alpha value is -0.960. The summed E-state index contributed by atoms with van der Waals surface area (Å²) >= 11 is 0. The number of hydrogen-bond acceptors (Lipinski definition) is 3. The first-order valence-corrected chi connectivity index (χ1v) is 5.30. The second-order valence-electron chi connectivity index (χ2n) is 4.18. The minimum atomic E-state index is 0.494. The Morgan fingerprint density at radius 3 is 2.79 bits per heavy atom. The monoisotopic (exact) mass is 191 g/mol. The van der Waals surface area contributed by atoms with Crippen LogP contribution in [0.15, 0.2) is 12.3 Å². The molecule has 0 spiro atoms. The molecule has 1 saturated heterocycles. The van der Waals surface area contributed by atoms with E-state index in [1.807, 2.05) is 12.3 Å². The Labute approximate surface area is 85.2 Å². The summed E-state index contributed by atoms with van der Waals surface area (Å²) < 4.78 is 0. The Morgan fingerprint density at radius 1 is 1.43 bits per heavy atom. The summed E-state index contributed by atoms with van der Waals surface area (Å²) in [6.45, 7) is 7.65. The zero-order valence-corrected chi connectivity index (χ0v) is 8.90. The summed E-state index contributed by atoms with van der Waals surface area (Å²) in [4.78, 5) is 11.2. The summed E-state index contributed by atoms with van der Waals surface area (Å²) in [5, 5.41) is 0. The molecule has 2 heterocycles. The lowest BCUT2D eigenvalue weighted by Gasteiger charge is -2.29. The average molecular weight is 191 g/mol. The number of rotatable bonds is 3. The molecule has 1 aromatic heterocycles. The molecule has 0 amide bonds. The van der Waals surface area contributed by atoms with Gasteiger partial charge in [0.05, 0.1) is 6.54 Å². The fourth-order valence-electron chi connectivity index (χ4n) is 1.55. The van der Waals surface area contributed by atoms with E-state index in [9.17, 15) is 0 Å². The second kappa shape index (κ2) is 4.05. The van der Waals surface area contributed by atoms with Gasteiger partial charge < -0.3 is 0 Å². The molecule has 0 aliphatic carbocycles. The average Bonchev–Trinajstić information content (AvgIpc) is 2.12. The van der Waals surface area contributed by atoms with Gasteiger partial charge in [-0.2, -0.15) is 0 Å². The van der Waals surface area contributed by atoms with E-state index in [-0.39, 0.29) is 0 Å². The molecule has 1 aliphatic heterocycles. The highest BCUT2D eigenvalue weighted by atomic mass is 15.2. The maximum Gasteiger partial charge on any atom is 0.142 e. The van der Waals surface area contributed by atoms with Gasteiger partial charge in [0.1, 0.15) is 5.82 Å². The van der Waals surface area contributed by atoms with Crippen LogP contribution in [0.2, 0.25) is 0 Å². The predicted octanol–water partition coefficient (Wildman–Crippen LogP) is 1.81. The SMILES string of the molecule is CC(C)c1ccnc(CN2CCC2)n1. The van der Waals surface area contributed by atoms with E-state index in [2.05, 4.69) is 28.7 Å². The summed E-state index contributed by atoms with van der Waals surface area (Å²) in [5.41, 5.74) is 1.15. The predicted molar refractivity (Wildman–Crippen MR) is 56.0 cm³/mol. The van der Waals surface area contributed by atoms with Crippen molar-refractivity contribution in [3.05, 3.63) is 23.8 Å². The van der Waals surface area contributed by atoms with Crippen molar-refractivity contribution in [2.75, 3.05) is 13.1 Å². The highest BCUT2D eigenvalue weighted by molar-refractivity contribution is 5.06. The van der Waals surface area contributed by atoms with E-state index in [0.29, 0.717) is 5.92 Å². The fraction of sp³-hybridized carbons (Fsp3) is 0.636. The van der Waals surface area contributed by atoms with Gasteiger partial charge in [0.2, 0.25) is 0 Å². The second-order valence-corrected chi connectivity index (χ2v) is 4.18. The normalized spacial score (nSPS) is 17.1. The van der Waals surface area contributed by atoms with Crippen LogP contribution < -0.4 is 0 Å². The molecule has 76 valence electrons. The zero-order valence-electron chi connectivity index (χ0n) is 8.90. The van der Waals surface area contributed by atoms with Crippen molar-refractivity contribution in [2.45, 2.75) is 32.7 Å². The van der Waals surface area contributed by atoms with Crippen LogP contribution in [-0.2, 0) is 6.54 Å². The lowest BCUT2D eigenvalue weighted by atomic mass is 10.1. The van der Waals surface area contributed by atoms with Gasteiger partial charge in [-0.15, -0.1) is 0 Å². The van der Waals surface area contributed by atoms with Crippen molar-refractivity contribution < 1.29 is 0 Å². The first-order chi connectivity index (χ1) is 6.75. The lowest BCUT2D eigenvalue weighted by Crippen LogP contribution is -2.36. The van der Waals surface area contributed by atoms with E-state index in [1.165, 1.54) is 19.5 Å². The molecule has 0 aromatic carbocycles. The van der Waals surface area contributed by atoms with Crippen LogP contribution in [0.3, 0.4) is 0 Å². The Morgan fingerprint density at radius 2 is 2.21 bits per heavy atom. The van der Waals surface area contributed by atoms with Crippen LogP contribution in [0.25, 0.3) is 0 Å². The highest BCUT2D eigenvalue weighted by Gasteiger charge is 2.15. The van der Waals surface area contributed by atoms with Crippen molar-refractivity contribution in [2.24, 2.45) is 0 Å². The number of likely N-dealkylation sites (tertiary alicyclic amines) is 1. The fourth-order valence-corrected chi connectivity index (χ4v) is 1.55. The van der Waals surface area contributed by atoms with E-state index in [0.717, 1.165) is 18.1 Å². The highest BCUT2D eigenvalue weighted by Crippen LogP contribution is 2.13. The van der Waals surface area contributed by atoms with E-state index in [1.54, 1.807) is 0 Å². The topological polar surface area (TPSA) is 29.0 Å². The number of nitrogens with zero attached hydrogens (tertiary/aromatic N) is 3. The van der Waals surface area contributed by atoms with Crippen molar-refractivity contribution in [1.82, 2.24) is 14.9 Å². The van der Waals surface area contributed by atoms with Crippen LogP contribution in [0.5, 0.6) is 0 Å². The van der Waals surface area contributed by atoms with Gasteiger partial charge >= 0.3 is 0 Å². The van der Waals surface area contributed by atoms with Gasteiger partial charge in [-0.25, -0.2) is 9.97 Å². The Bertz CT molecular complexity index is 305. The molecule has 14 heavy (non-hydrogen) atoms. The van der Waals surface area contributed by atoms with Gasteiger partial charge in [0, 0.05) is 11.9 Å². The Balaban J connectivity index is 2.05. The number of aromatic nitrogens is 2. The molecule has 2 rings (SSSR count). The maximum absolute atomic E-state index is 4.54. The van der Waals surface area contributed by atoms with E-state index in [4.69, 9.17) is 0 Å². The van der Waals surface area contributed by atoms with Gasteiger partial charge in [-0.3, -0.25) is 4.90 Å². The van der Waals surface area contributed by atoms with Crippen molar-refractivity contribution >= 4 is 0 Å². The third-order valence-corrected chi connectivity index (χ3v) is 2.63. The summed E-state index contributed by atoms with van der Waals surface area (Å²) in [6.07, 6.45) is 3.20. The quantitative estimate of drug-likeness (QED) is 0.729. The molecule has 3 nitrogen and oxygen atoms in total.